The zero-order valence-corrected chi connectivity index (χ0v) is 20.4. The predicted octanol–water partition coefficient (Wildman–Crippen LogP) is 3.65. The molecule has 0 fully saturated rings. The van der Waals surface area contributed by atoms with E-state index in [2.05, 4.69) is 10.3 Å². The van der Waals surface area contributed by atoms with Crippen LogP contribution in [-0.4, -0.2) is 30.9 Å². The number of nitrogens with zero attached hydrogens (tertiary/aromatic N) is 3. The smallest absolute Gasteiger partial charge is 0.333 e. The first-order chi connectivity index (χ1) is 16.0. The second-order valence-electron chi connectivity index (χ2n) is 7.56. The van der Waals surface area contributed by atoms with Crippen LogP contribution in [0.3, 0.4) is 0 Å². The van der Waals surface area contributed by atoms with Crippen molar-refractivity contribution in [3.05, 3.63) is 84.8 Å². The Morgan fingerprint density at radius 1 is 1.12 bits per heavy atom. The Morgan fingerprint density at radius 3 is 2.47 bits per heavy atom. The Labute approximate surface area is 203 Å². The van der Waals surface area contributed by atoms with Crippen molar-refractivity contribution in [3.63, 3.8) is 0 Å². The summed E-state index contributed by atoms with van der Waals surface area (Å²) >= 11 is 6.66. The van der Waals surface area contributed by atoms with Crippen LogP contribution >= 0.6 is 23.4 Å². The Hall–Kier alpha value is -3.37. The van der Waals surface area contributed by atoms with Crippen molar-refractivity contribution in [3.8, 4) is 5.88 Å². The largest absolute Gasteiger partial charge is 0.494 e. The number of benzene rings is 2. The maximum atomic E-state index is 13.4. The van der Waals surface area contributed by atoms with E-state index < -0.39 is 28.9 Å². The molecular formula is C23H22ClFN4O4S. The molecule has 0 radical (unpaired) electrons. The van der Waals surface area contributed by atoms with Crippen LogP contribution in [0.15, 0.2) is 51.0 Å². The van der Waals surface area contributed by atoms with Gasteiger partial charge in [0.1, 0.15) is 16.4 Å². The minimum absolute atomic E-state index is 0.0595. The third-order valence-electron chi connectivity index (χ3n) is 5.11. The summed E-state index contributed by atoms with van der Waals surface area (Å²) < 4.78 is 15.1. The molecular weight excluding hydrogens is 483 g/mol. The first-order valence-corrected chi connectivity index (χ1v) is 11.4. The van der Waals surface area contributed by atoms with Gasteiger partial charge >= 0.3 is 5.69 Å². The number of aliphatic imine (C=N–C) groups is 1. The fourth-order valence-electron chi connectivity index (χ4n) is 3.00. The van der Waals surface area contributed by atoms with Crippen molar-refractivity contribution in [1.29, 1.82) is 0 Å². The average molecular weight is 505 g/mol. The highest BCUT2D eigenvalue weighted by Gasteiger charge is 2.22. The molecule has 2 aromatic carbocycles. The molecule has 0 aliphatic carbocycles. The molecule has 11 heteroatoms. The van der Waals surface area contributed by atoms with Crippen LogP contribution < -0.4 is 16.6 Å². The first kappa shape index (κ1) is 25.3. The summed E-state index contributed by atoms with van der Waals surface area (Å²) in [5, 5.41) is 13.1. The summed E-state index contributed by atoms with van der Waals surface area (Å²) in [7, 11) is 2.61. The van der Waals surface area contributed by atoms with Gasteiger partial charge < -0.3 is 10.4 Å². The Balaban J connectivity index is 1.99. The average Bonchev–Trinajstić information content (AvgIpc) is 2.79. The van der Waals surface area contributed by atoms with Gasteiger partial charge in [-0.1, -0.05) is 29.4 Å². The normalized spacial score (nSPS) is 11.5. The number of nitrogens with one attached hydrogen (secondary N) is 1. The van der Waals surface area contributed by atoms with Crippen molar-refractivity contribution in [2.24, 2.45) is 19.1 Å². The number of anilines is 1. The van der Waals surface area contributed by atoms with Crippen LogP contribution in [0.5, 0.6) is 5.88 Å². The van der Waals surface area contributed by atoms with Gasteiger partial charge in [-0.15, -0.1) is 0 Å². The third-order valence-corrected chi connectivity index (χ3v) is 6.38. The minimum atomic E-state index is -0.749. The van der Waals surface area contributed by atoms with Gasteiger partial charge in [0.15, 0.2) is 0 Å². The number of hydrogen-bond donors (Lipinski definition) is 2. The summed E-state index contributed by atoms with van der Waals surface area (Å²) in [6.07, 6.45) is 0. The maximum absolute atomic E-state index is 13.4. The van der Waals surface area contributed by atoms with Crippen LogP contribution in [0.25, 0.3) is 0 Å². The quantitative estimate of drug-likeness (QED) is 0.407. The van der Waals surface area contributed by atoms with Gasteiger partial charge in [0.05, 0.1) is 16.5 Å². The number of amides is 1. The highest BCUT2D eigenvalue weighted by Crippen LogP contribution is 2.25. The molecule has 2 N–H and O–H groups in total. The lowest BCUT2D eigenvalue weighted by Gasteiger charge is -2.13. The summed E-state index contributed by atoms with van der Waals surface area (Å²) in [4.78, 5) is 42.1. The van der Waals surface area contributed by atoms with E-state index in [0.717, 1.165) is 38.1 Å². The molecule has 0 aliphatic heterocycles. The lowest BCUT2D eigenvalue weighted by Crippen LogP contribution is -2.39. The molecule has 0 spiro atoms. The molecule has 0 saturated carbocycles. The number of aromatic hydroxyl groups is 1. The Morgan fingerprint density at radius 2 is 1.82 bits per heavy atom. The van der Waals surface area contributed by atoms with Gasteiger partial charge in [-0.3, -0.25) is 18.7 Å². The predicted molar refractivity (Wildman–Crippen MR) is 133 cm³/mol. The maximum Gasteiger partial charge on any atom is 0.333 e. The van der Waals surface area contributed by atoms with Crippen molar-refractivity contribution >= 4 is 45.7 Å². The third kappa shape index (κ3) is 5.40. The molecule has 3 rings (SSSR count). The van der Waals surface area contributed by atoms with Gasteiger partial charge in [0, 0.05) is 19.8 Å². The SMILES string of the molecule is Cc1ccc(N=C(SCC(=O)Nc2ccc(F)c(Cl)c2)c2c(O)n(C)c(=O)n(C)c2=O)cc1C. The molecule has 0 saturated heterocycles. The number of aryl methyl sites for hydroxylation is 2. The number of rotatable bonds is 5. The van der Waals surface area contributed by atoms with E-state index in [4.69, 9.17) is 11.6 Å². The number of carbonyl (C=O) groups excluding carboxylic acids is 1. The van der Waals surface area contributed by atoms with E-state index in [0.29, 0.717) is 11.4 Å². The van der Waals surface area contributed by atoms with Crippen molar-refractivity contribution in [2.75, 3.05) is 11.1 Å². The monoisotopic (exact) mass is 504 g/mol. The molecule has 8 nitrogen and oxygen atoms in total. The number of carbonyl (C=O) groups is 1. The van der Waals surface area contributed by atoms with Crippen LogP contribution in [0.2, 0.25) is 5.02 Å². The fourth-order valence-corrected chi connectivity index (χ4v) is 4.01. The number of hydrogen-bond acceptors (Lipinski definition) is 6. The number of thioether (sulfide) groups is 1. The van der Waals surface area contributed by atoms with Gasteiger partial charge in [0.25, 0.3) is 5.56 Å². The molecule has 1 amide bonds. The lowest BCUT2D eigenvalue weighted by atomic mass is 10.1. The van der Waals surface area contributed by atoms with E-state index in [1.807, 2.05) is 19.9 Å². The topological polar surface area (TPSA) is 106 Å². The summed E-state index contributed by atoms with van der Waals surface area (Å²) in [6.45, 7) is 3.85. The van der Waals surface area contributed by atoms with E-state index in [-0.39, 0.29) is 21.4 Å². The summed E-state index contributed by atoms with van der Waals surface area (Å²) in [5.74, 6) is -1.84. The van der Waals surface area contributed by atoms with Crippen LogP contribution in [0.4, 0.5) is 15.8 Å². The molecule has 34 heavy (non-hydrogen) atoms. The highest BCUT2D eigenvalue weighted by molar-refractivity contribution is 8.15. The summed E-state index contributed by atoms with van der Waals surface area (Å²) in [5.41, 5.74) is 1.16. The van der Waals surface area contributed by atoms with Crippen molar-refractivity contribution in [2.45, 2.75) is 13.8 Å². The molecule has 0 atom stereocenters. The van der Waals surface area contributed by atoms with Crippen LogP contribution in [-0.2, 0) is 18.9 Å². The van der Waals surface area contributed by atoms with E-state index >= 15 is 0 Å². The molecule has 0 unspecified atom stereocenters. The molecule has 0 bridgehead atoms. The van der Waals surface area contributed by atoms with Crippen LogP contribution in [0, 0.1) is 19.7 Å². The van der Waals surface area contributed by atoms with Gasteiger partial charge in [-0.2, -0.15) is 0 Å². The van der Waals surface area contributed by atoms with Gasteiger partial charge in [-0.25, -0.2) is 14.2 Å². The molecule has 1 heterocycles. The number of halogens is 2. The Kier molecular flexibility index (Phi) is 7.63. The second-order valence-corrected chi connectivity index (χ2v) is 8.93. The lowest BCUT2D eigenvalue weighted by molar-refractivity contribution is -0.113. The first-order valence-electron chi connectivity index (χ1n) is 10.0. The molecule has 0 aliphatic rings. The Bertz CT molecular complexity index is 1430. The standard InChI is InChI=1S/C23H22ClFN4O4S/c1-12-5-6-14(9-13(12)2)27-20(19-21(31)28(3)23(33)29(4)22(19)32)34-11-18(30)26-15-7-8-17(25)16(24)10-15/h5-10,31H,11H2,1-4H3,(H,26,30). The zero-order chi connectivity index (χ0) is 25.2. The van der Waals surface area contributed by atoms with Crippen LogP contribution in [0.1, 0.15) is 16.7 Å². The number of aromatic nitrogens is 2. The zero-order valence-electron chi connectivity index (χ0n) is 18.8. The van der Waals surface area contributed by atoms with Crippen molar-refractivity contribution in [1.82, 2.24) is 9.13 Å². The van der Waals surface area contributed by atoms with E-state index in [1.54, 1.807) is 12.1 Å². The summed E-state index contributed by atoms with van der Waals surface area (Å²) in [6, 6.07) is 9.18. The van der Waals surface area contributed by atoms with E-state index in [9.17, 15) is 23.9 Å². The van der Waals surface area contributed by atoms with Crippen molar-refractivity contribution < 1.29 is 14.3 Å². The fraction of sp³-hybridized carbons (Fsp3) is 0.217. The molecule has 1 aromatic heterocycles. The molecule has 178 valence electrons. The van der Waals surface area contributed by atoms with Gasteiger partial charge in [-0.05, 0) is 55.3 Å². The minimum Gasteiger partial charge on any atom is -0.494 e. The second kappa shape index (κ2) is 10.3. The van der Waals surface area contributed by atoms with E-state index in [1.165, 1.54) is 26.2 Å². The van der Waals surface area contributed by atoms with Gasteiger partial charge in [0.2, 0.25) is 11.8 Å². The molecule has 3 aromatic rings. The highest BCUT2D eigenvalue weighted by atomic mass is 35.5.